The maximum absolute atomic E-state index is 10.9. The Kier molecular flexibility index (Phi) is 3.86. The Morgan fingerprint density at radius 3 is 2.47 bits per heavy atom. The van der Waals surface area contributed by atoms with E-state index in [0.717, 1.165) is 21.8 Å². The van der Waals surface area contributed by atoms with Crippen molar-refractivity contribution >= 4 is 21.2 Å². The van der Waals surface area contributed by atoms with Gasteiger partial charge >= 0.3 is 0 Å². The minimum absolute atomic E-state index is 0.204. The number of thiazole rings is 1. The Morgan fingerprint density at radius 2 is 2.07 bits per heavy atom. The van der Waals surface area contributed by atoms with Crippen LogP contribution in [-0.2, 0) is 16.3 Å². The lowest BCUT2D eigenvalue weighted by atomic mass is 10.3. The lowest BCUT2D eigenvalue weighted by Gasteiger charge is -2.06. The van der Waals surface area contributed by atoms with E-state index >= 15 is 0 Å². The predicted octanol–water partition coefficient (Wildman–Crippen LogP) is 0.708. The van der Waals surface area contributed by atoms with E-state index in [-0.39, 0.29) is 5.75 Å². The average molecular weight is 249 g/mol. The Balaban J connectivity index is 2.63. The van der Waals surface area contributed by atoms with Crippen molar-refractivity contribution in [1.29, 1.82) is 0 Å². The molecule has 0 radical (unpaired) electrons. The average Bonchev–Trinajstić information content (AvgIpc) is 2.26. The van der Waals surface area contributed by atoms with E-state index < -0.39 is 15.9 Å². The molecule has 0 saturated heterocycles. The number of hydrogen-bond acceptors (Lipinski definition) is 5. The molecular formula is C9H15NO3S2. The lowest BCUT2D eigenvalue weighted by molar-refractivity contribution is 0.198. The molecule has 0 spiro atoms. The molecule has 1 unspecified atom stereocenters. The Bertz CT molecular complexity index is 417. The third-order valence-electron chi connectivity index (χ3n) is 1.98. The second kappa shape index (κ2) is 4.59. The number of sulfone groups is 1. The number of aromatic nitrogens is 1. The van der Waals surface area contributed by atoms with Crippen LogP contribution in [-0.4, -0.2) is 36.6 Å². The Morgan fingerprint density at radius 1 is 1.47 bits per heavy atom. The van der Waals surface area contributed by atoms with Gasteiger partial charge in [0.05, 0.1) is 22.6 Å². The molecular weight excluding hydrogens is 234 g/mol. The summed E-state index contributed by atoms with van der Waals surface area (Å²) in [6.45, 7) is 3.86. The van der Waals surface area contributed by atoms with E-state index in [1.165, 1.54) is 11.3 Å². The van der Waals surface area contributed by atoms with E-state index in [1.54, 1.807) is 0 Å². The molecule has 1 heterocycles. The van der Waals surface area contributed by atoms with Crippen molar-refractivity contribution in [1.82, 2.24) is 4.98 Å². The largest absolute Gasteiger partial charge is 0.392 e. The number of aliphatic hydroxyl groups excluding tert-OH is 1. The molecule has 1 aromatic heterocycles. The molecule has 0 aromatic carbocycles. The van der Waals surface area contributed by atoms with Gasteiger partial charge in [-0.2, -0.15) is 0 Å². The third-order valence-corrected chi connectivity index (χ3v) is 4.06. The molecule has 0 fully saturated rings. The van der Waals surface area contributed by atoms with Crippen molar-refractivity contribution < 1.29 is 13.5 Å². The zero-order valence-corrected chi connectivity index (χ0v) is 10.7. The fourth-order valence-corrected chi connectivity index (χ4v) is 3.06. The van der Waals surface area contributed by atoms with Gasteiger partial charge in [-0.05, 0) is 13.8 Å². The van der Waals surface area contributed by atoms with Gasteiger partial charge in [-0.15, -0.1) is 11.3 Å². The summed E-state index contributed by atoms with van der Waals surface area (Å²) >= 11 is 1.50. The highest BCUT2D eigenvalue weighted by Gasteiger charge is 2.15. The van der Waals surface area contributed by atoms with E-state index in [1.807, 2.05) is 13.8 Å². The standard InChI is InChI=1S/C9H15NO3S2/c1-6-7(2)14-9(10-6)4-8(11)5-15(3,12)13/h8,11H,4-5H2,1-3H3. The summed E-state index contributed by atoms with van der Waals surface area (Å²) in [7, 11) is -3.12. The van der Waals surface area contributed by atoms with E-state index in [0.29, 0.717) is 6.42 Å². The normalized spacial score (nSPS) is 14.1. The summed E-state index contributed by atoms with van der Waals surface area (Å²) in [5, 5.41) is 10.3. The molecule has 0 amide bonds. The van der Waals surface area contributed by atoms with Crippen LogP contribution in [0, 0.1) is 13.8 Å². The van der Waals surface area contributed by atoms with Crippen molar-refractivity contribution in [3.05, 3.63) is 15.6 Å². The van der Waals surface area contributed by atoms with Gasteiger partial charge in [0.2, 0.25) is 0 Å². The van der Waals surface area contributed by atoms with E-state index in [9.17, 15) is 13.5 Å². The van der Waals surface area contributed by atoms with Crippen LogP contribution < -0.4 is 0 Å². The first-order valence-electron chi connectivity index (χ1n) is 4.56. The zero-order valence-electron chi connectivity index (χ0n) is 9.02. The third kappa shape index (κ3) is 4.27. The summed E-state index contributed by atoms with van der Waals surface area (Å²) in [5.41, 5.74) is 0.946. The lowest BCUT2D eigenvalue weighted by Crippen LogP contribution is -2.21. The Hall–Kier alpha value is -0.460. The van der Waals surface area contributed by atoms with Crippen LogP contribution in [0.1, 0.15) is 15.6 Å². The highest BCUT2D eigenvalue weighted by molar-refractivity contribution is 7.90. The van der Waals surface area contributed by atoms with Crippen LogP contribution in [0.15, 0.2) is 0 Å². The van der Waals surface area contributed by atoms with Gasteiger partial charge in [-0.3, -0.25) is 0 Å². The van der Waals surface area contributed by atoms with Gasteiger partial charge in [-0.25, -0.2) is 13.4 Å². The summed E-state index contributed by atoms with van der Waals surface area (Å²) in [6.07, 6.45) is 0.575. The van der Waals surface area contributed by atoms with Crippen molar-refractivity contribution in [2.24, 2.45) is 0 Å². The molecule has 0 saturated carbocycles. The number of rotatable bonds is 4. The van der Waals surface area contributed by atoms with E-state index in [2.05, 4.69) is 4.98 Å². The predicted molar refractivity (Wildman–Crippen MR) is 61.0 cm³/mol. The SMILES string of the molecule is Cc1nc(CC(O)CS(C)(=O)=O)sc1C. The van der Waals surface area contributed by atoms with Crippen LogP contribution in [0.2, 0.25) is 0 Å². The van der Waals surface area contributed by atoms with Gasteiger partial charge in [0.15, 0.2) is 0 Å². The van der Waals surface area contributed by atoms with Crippen molar-refractivity contribution in [2.75, 3.05) is 12.0 Å². The van der Waals surface area contributed by atoms with Gasteiger partial charge in [0.1, 0.15) is 9.84 Å². The highest BCUT2D eigenvalue weighted by atomic mass is 32.2. The second-order valence-electron chi connectivity index (χ2n) is 3.70. The van der Waals surface area contributed by atoms with Crippen molar-refractivity contribution in [2.45, 2.75) is 26.4 Å². The fourth-order valence-electron chi connectivity index (χ4n) is 1.24. The quantitative estimate of drug-likeness (QED) is 0.853. The molecule has 0 aliphatic carbocycles. The highest BCUT2D eigenvalue weighted by Crippen LogP contribution is 2.18. The summed E-state index contributed by atoms with van der Waals surface area (Å²) < 4.78 is 21.9. The molecule has 1 rings (SSSR count). The van der Waals surface area contributed by atoms with E-state index in [4.69, 9.17) is 0 Å². The molecule has 0 aliphatic rings. The molecule has 15 heavy (non-hydrogen) atoms. The first-order valence-corrected chi connectivity index (χ1v) is 7.44. The van der Waals surface area contributed by atoms with Crippen molar-refractivity contribution in [3.8, 4) is 0 Å². The maximum Gasteiger partial charge on any atom is 0.150 e. The number of hydrogen-bond donors (Lipinski definition) is 1. The number of aliphatic hydroxyl groups is 1. The molecule has 1 atom stereocenters. The van der Waals surface area contributed by atoms with Gasteiger partial charge in [0, 0.05) is 17.6 Å². The fraction of sp³-hybridized carbons (Fsp3) is 0.667. The minimum atomic E-state index is -3.12. The molecule has 1 aromatic rings. The molecule has 0 bridgehead atoms. The summed E-state index contributed by atoms with van der Waals surface area (Å²) in [4.78, 5) is 5.35. The minimum Gasteiger partial charge on any atom is -0.392 e. The topological polar surface area (TPSA) is 67.3 Å². The van der Waals surface area contributed by atoms with Gasteiger partial charge < -0.3 is 5.11 Å². The molecule has 1 N–H and O–H groups in total. The first-order chi connectivity index (χ1) is 6.78. The second-order valence-corrected chi connectivity index (χ2v) is 7.17. The zero-order chi connectivity index (χ0) is 11.6. The van der Waals surface area contributed by atoms with Crippen LogP contribution in [0.5, 0.6) is 0 Å². The summed E-state index contributed by atoms with van der Waals surface area (Å²) in [5.74, 6) is -0.204. The Labute approximate surface area is 93.9 Å². The molecule has 4 nitrogen and oxygen atoms in total. The number of aryl methyl sites for hydroxylation is 2. The smallest absolute Gasteiger partial charge is 0.150 e. The van der Waals surface area contributed by atoms with Gasteiger partial charge in [-0.1, -0.05) is 0 Å². The molecule has 0 aliphatic heterocycles. The monoisotopic (exact) mass is 249 g/mol. The van der Waals surface area contributed by atoms with Crippen LogP contribution >= 0.6 is 11.3 Å². The summed E-state index contributed by atoms with van der Waals surface area (Å²) in [6, 6.07) is 0. The number of nitrogens with zero attached hydrogens (tertiary/aromatic N) is 1. The maximum atomic E-state index is 10.9. The van der Waals surface area contributed by atoms with Gasteiger partial charge in [0.25, 0.3) is 0 Å². The van der Waals surface area contributed by atoms with Crippen LogP contribution in [0.3, 0.4) is 0 Å². The molecule has 86 valence electrons. The first kappa shape index (κ1) is 12.6. The van der Waals surface area contributed by atoms with Crippen LogP contribution in [0.4, 0.5) is 0 Å². The van der Waals surface area contributed by atoms with Crippen molar-refractivity contribution in [3.63, 3.8) is 0 Å². The van der Waals surface area contributed by atoms with Crippen LogP contribution in [0.25, 0.3) is 0 Å². The molecule has 6 heteroatoms.